The monoisotopic (exact) mass is 374 g/mol. The minimum absolute atomic E-state index is 0.0192. The quantitative estimate of drug-likeness (QED) is 0.680. The molecule has 1 aliphatic heterocycles. The molecule has 3 aromatic rings. The summed E-state index contributed by atoms with van der Waals surface area (Å²) < 4.78 is 12.8. The van der Waals surface area contributed by atoms with Crippen molar-refractivity contribution in [2.75, 3.05) is 7.11 Å². The first-order valence-electron chi connectivity index (χ1n) is 8.63. The number of nitriles is 1. The van der Waals surface area contributed by atoms with Gasteiger partial charge in [0.25, 0.3) is 0 Å². The average Bonchev–Trinajstić information content (AvgIpc) is 3.18. The lowest BCUT2D eigenvalue weighted by Crippen LogP contribution is -2.22. The number of hydrogen-bond acceptors (Lipinski definition) is 6. The molecule has 0 fully saturated rings. The summed E-state index contributed by atoms with van der Waals surface area (Å²) in [5.74, 6) is 0.379. The van der Waals surface area contributed by atoms with Crippen molar-refractivity contribution in [3.8, 4) is 23.3 Å². The van der Waals surface area contributed by atoms with E-state index in [1.807, 2.05) is 22.7 Å². The third kappa shape index (κ3) is 2.47. The summed E-state index contributed by atoms with van der Waals surface area (Å²) in [5, 5.41) is 20.5. The van der Waals surface area contributed by atoms with E-state index >= 15 is 0 Å². The first-order valence-corrected chi connectivity index (χ1v) is 8.63. The van der Waals surface area contributed by atoms with Crippen molar-refractivity contribution in [3.63, 3.8) is 0 Å². The van der Waals surface area contributed by atoms with Gasteiger partial charge in [0, 0.05) is 29.7 Å². The molecule has 0 saturated carbocycles. The highest BCUT2D eigenvalue weighted by atomic mass is 16.5. The minimum Gasteiger partial charge on any atom is -0.504 e. The van der Waals surface area contributed by atoms with Crippen molar-refractivity contribution in [2.24, 2.45) is 5.73 Å². The molecule has 3 heterocycles. The molecule has 0 aliphatic carbocycles. The minimum atomic E-state index is -0.512. The number of hydrogen-bond donors (Lipinski definition) is 2. The van der Waals surface area contributed by atoms with Crippen molar-refractivity contribution in [1.82, 2.24) is 9.38 Å². The summed E-state index contributed by atoms with van der Waals surface area (Å²) in [6.45, 7) is 3.78. The normalized spacial score (nSPS) is 15.6. The smallest absolute Gasteiger partial charge is 0.205 e. The van der Waals surface area contributed by atoms with Crippen molar-refractivity contribution in [2.45, 2.75) is 12.3 Å². The number of nitrogens with zero attached hydrogens (tertiary/aromatic N) is 3. The summed E-state index contributed by atoms with van der Waals surface area (Å²) in [6, 6.07) is 7.54. The summed E-state index contributed by atoms with van der Waals surface area (Å²) in [7, 11) is 1.49. The second kappa shape index (κ2) is 6.67. The van der Waals surface area contributed by atoms with Crippen molar-refractivity contribution in [1.29, 1.82) is 5.26 Å². The number of phenolic OH excluding ortho intramolecular Hbond substituents is 1. The Morgan fingerprint density at radius 1 is 1.39 bits per heavy atom. The van der Waals surface area contributed by atoms with Gasteiger partial charge in [-0.3, -0.25) is 0 Å². The molecule has 1 atom stereocenters. The molecule has 0 bridgehead atoms. The first-order chi connectivity index (χ1) is 13.6. The molecule has 3 N–H and O–H groups in total. The van der Waals surface area contributed by atoms with E-state index in [2.05, 4.69) is 17.6 Å². The molecular formula is C21H18N4O3. The topological polar surface area (TPSA) is 106 Å². The Kier molecular flexibility index (Phi) is 4.17. The maximum atomic E-state index is 10.7. The predicted molar refractivity (Wildman–Crippen MR) is 103 cm³/mol. The van der Waals surface area contributed by atoms with Gasteiger partial charge in [0.2, 0.25) is 5.88 Å². The van der Waals surface area contributed by atoms with E-state index in [1.165, 1.54) is 7.11 Å². The lowest BCUT2D eigenvalue weighted by molar-refractivity contribution is 0.370. The molecular weight excluding hydrogens is 356 g/mol. The van der Waals surface area contributed by atoms with E-state index in [0.717, 1.165) is 11.1 Å². The van der Waals surface area contributed by atoms with Crippen LogP contribution in [0.5, 0.6) is 17.2 Å². The number of benzene rings is 1. The lowest BCUT2D eigenvalue weighted by Gasteiger charge is -2.28. The molecule has 1 aliphatic rings. The molecule has 0 spiro atoms. The number of nitrogens with two attached hydrogens (primary N) is 1. The van der Waals surface area contributed by atoms with Crippen LogP contribution in [-0.4, -0.2) is 21.6 Å². The van der Waals surface area contributed by atoms with E-state index in [0.29, 0.717) is 29.1 Å². The SMILES string of the molecule is C=CCc1c(C2C(C#N)=C(N)Oc3c2ccn2ccnc32)ccc(OC)c1O. The average molecular weight is 374 g/mol. The Morgan fingerprint density at radius 2 is 2.21 bits per heavy atom. The van der Waals surface area contributed by atoms with Crippen LogP contribution in [0.3, 0.4) is 0 Å². The number of imidazole rings is 1. The zero-order valence-electron chi connectivity index (χ0n) is 15.2. The van der Waals surface area contributed by atoms with Gasteiger partial charge in [0.15, 0.2) is 22.9 Å². The first kappa shape index (κ1) is 17.5. The standard InChI is InChI=1S/C21H18N4O3/c1-3-4-13-12(5-6-16(27-2)18(13)26)17-14-7-9-25-10-8-24-21(25)19(14)28-20(23)15(17)11-22/h3,5-10,17,26H,1,4,23H2,2H3. The predicted octanol–water partition coefficient (Wildman–Crippen LogP) is 3.00. The van der Waals surface area contributed by atoms with E-state index in [1.54, 1.807) is 24.5 Å². The fourth-order valence-corrected chi connectivity index (χ4v) is 3.64. The fourth-order valence-electron chi connectivity index (χ4n) is 3.64. The van der Waals surface area contributed by atoms with Crippen molar-refractivity contribution >= 4 is 5.65 Å². The summed E-state index contributed by atoms with van der Waals surface area (Å²) in [6.07, 6.45) is 7.40. The number of allylic oxidation sites excluding steroid dienone is 2. The van der Waals surface area contributed by atoms with Crippen LogP contribution in [0.25, 0.3) is 5.65 Å². The van der Waals surface area contributed by atoms with Gasteiger partial charge < -0.3 is 24.7 Å². The number of ether oxygens (including phenoxy) is 2. The van der Waals surface area contributed by atoms with Gasteiger partial charge in [-0.25, -0.2) is 4.98 Å². The van der Waals surface area contributed by atoms with Crippen LogP contribution < -0.4 is 15.2 Å². The Bertz CT molecular complexity index is 1170. The Morgan fingerprint density at radius 3 is 2.93 bits per heavy atom. The zero-order chi connectivity index (χ0) is 19.8. The largest absolute Gasteiger partial charge is 0.504 e. The number of pyridine rings is 1. The van der Waals surface area contributed by atoms with Crippen LogP contribution in [0.15, 0.2) is 60.9 Å². The Hall–Kier alpha value is -3.92. The molecule has 0 amide bonds. The van der Waals surface area contributed by atoms with Crippen molar-refractivity contribution < 1.29 is 14.6 Å². The summed E-state index contributed by atoms with van der Waals surface area (Å²) in [4.78, 5) is 4.34. The van der Waals surface area contributed by atoms with Crippen LogP contribution in [0.2, 0.25) is 0 Å². The number of rotatable bonds is 4. The van der Waals surface area contributed by atoms with Crippen molar-refractivity contribution in [3.05, 3.63) is 77.6 Å². The Balaban J connectivity index is 2.03. The number of methoxy groups -OCH3 is 1. The van der Waals surface area contributed by atoms with Gasteiger partial charge >= 0.3 is 0 Å². The highest BCUT2D eigenvalue weighted by Crippen LogP contribution is 2.47. The third-order valence-corrected chi connectivity index (χ3v) is 4.91. The van der Waals surface area contributed by atoms with Gasteiger partial charge in [-0.15, -0.1) is 6.58 Å². The molecule has 0 saturated heterocycles. The molecule has 28 heavy (non-hydrogen) atoms. The second-order valence-corrected chi connectivity index (χ2v) is 6.36. The lowest BCUT2D eigenvalue weighted by atomic mass is 9.81. The van der Waals surface area contributed by atoms with Crippen LogP contribution >= 0.6 is 0 Å². The molecule has 1 unspecified atom stereocenters. The van der Waals surface area contributed by atoms with E-state index < -0.39 is 5.92 Å². The number of fused-ring (bicyclic) bond motifs is 3. The second-order valence-electron chi connectivity index (χ2n) is 6.36. The number of aromatic hydroxyl groups is 1. The molecule has 2 aromatic heterocycles. The zero-order valence-corrected chi connectivity index (χ0v) is 15.2. The van der Waals surface area contributed by atoms with Gasteiger partial charge in [-0.2, -0.15) is 5.26 Å². The summed E-state index contributed by atoms with van der Waals surface area (Å²) >= 11 is 0. The van der Waals surface area contributed by atoms with Gasteiger partial charge in [0.05, 0.1) is 13.0 Å². The van der Waals surface area contributed by atoms with Crippen LogP contribution in [0, 0.1) is 11.3 Å². The number of phenols is 1. The number of aromatic nitrogens is 2. The molecule has 4 rings (SSSR count). The van der Waals surface area contributed by atoms with Crippen LogP contribution in [-0.2, 0) is 6.42 Å². The summed E-state index contributed by atoms with van der Waals surface area (Å²) in [5.41, 5.74) is 9.08. The molecule has 0 radical (unpaired) electrons. The maximum absolute atomic E-state index is 10.7. The van der Waals surface area contributed by atoms with E-state index in [9.17, 15) is 10.4 Å². The van der Waals surface area contributed by atoms with Gasteiger partial charge in [0.1, 0.15) is 11.6 Å². The fraction of sp³-hybridized carbons (Fsp3) is 0.143. The van der Waals surface area contributed by atoms with Crippen LogP contribution in [0.4, 0.5) is 0 Å². The van der Waals surface area contributed by atoms with E-state index in [4.69, 9.17) is 15.2 Å². The maximum Gasteiger partial charge on any atom is 0.205 e. The van der Waals surface area contributed by atoms with Gasteiger partial charge in [-0.1, -0.05) is 12.1 Å². The molecule has 1 aromatic carbocycles. The van der Waals surface area contributed by atoms with E-state index in [-0.39, 0.29) is 17.2 Å². The third-order valence-electron chi connectivity index (χ3n) is 4.91. The van der Waals surface area contributed by atoms with Crippen LogP contribution in [0.1, 0.15) is 22.6 Å². The highest BCUT2D eigenvalue weighted by Gasteiger charge is 2.34. The molecule has 7 heteroatoms. The molecule has 7 nitrogen and oxygen atoms in total. The molecule has 140 valence electrons. The van der Waals surface area contributed by atoms with Gasteiger partial charge in [-0.05, 0) is 24.1 Å². The Labute approximate surface area is 161 Å². The highest BCUT2D eigenvalue weighted by molar-refractivity contribution is 5.67.